The number of phenolic OH excluding ortho intramolecular Hbond substituents is 1. The lowest BCUT2D eigenvalue weighted by molar-refractivity contribution is 0.0495. The van der Waals surface area contributed by atoms with E-state index in [-0.39, 0.29) is 11.3 Å². The maximum absolute atomic E-state index is 12.2. The summed E-state index contributed by atoms with van der Waals surface area (Å²) in [6, 6.07) is 7.14. The largest absolute Gasteiger partial charge is 0.507 e. The Morgan fingerprint density at radius 2 is 2.00 bits per heavy atom. The molecule has 0 aliphatic heterocycles. The van der Waals surface area contributed by atoms with Crippen molar-refractivity contribution in [3.63, 3.8) is 0 Å². The molecule has 2 rings (SSSR count). The topological polar surface area (TPSA) is 59.4 Å². The zero-order valence-corrected chi connectivity index (χ0v) is 13.5. The van der Waals surface area contributed by atoms with Gasteiger partial charge in [0.25, 0.3) is 0 Å². The fourth-order valence-corrected chi connectivity index (χ4v) is 2.86. The van der Waals surface area contributed by atoms with Crippen molar-refractivity contribution in [3.8, 4) is 5.75 Å². The van der Waals surface area contributed by atoms with Crippen LogP contribution in [0, 0.1) is 6.92 Å². The van der Waals surface area contributed by atoms with Gasteiger partial charge in [0.05, 0.1) is 6.61 Å². The highest BCUT2D eigenvalue weighted by molar-refractivity contribution is 7.99. The molecule has 0 aliphatic rings. The van der Waals surface area contributed by atoms with Crippen LogP contribution in [0.1, 0.15) is 35.7 Å². The minimum atomic E-state index is -0.472. The molecule has 1 N–H and O–H groups in total. The number of unbranched alkanes of at least 4 members (excludes halogenated alkanes) is 1. The number of hydrogen-bond donors (Lipinski definition) is 1. The number of pyridine rings is 1. The number of hydrogen-bond acceptors (Lipinski definition) is 5. The summed E-state index contributed by atoms with van der Waals surface area (Å²) in [7, 11) is 0. The van der Waals surface area contributed by atoms with Crippen LogP contribution < -0.4 is 0 Å². The van der Waals surface area contributed by atoms with E-state index in [0.29, 0.717) is 6.61 Å². The van der Waals surface area contributed by atoms with Gasteiger partial charge in [-0.1, -0.05) is 25.1 Å². The smallest absolute Gasteiger partial charge is 0.342 e. The highest BCUT2D eigenvalue weighted by Gasteiger charge is 2.18. The third-order valence-electron chi connectivity index (χ3n) is 3.21. The molecule has 0 atom stereocenters. The fraction of sp³-hybridized carbons (Fsp3) is 0.294. The molecule has 0 spiro atoms. The normalized spacial score (nSPS) is 10.5. The van der Waals surface area contributed by atoms with Gasteiger partial charge in [-0.05, 0) is 43.2 Å². The van der Waals surface area contributed by atoms with Gasteiger partial charge >= 0.3 is 5.97 Å². The average Bonchev–Trinajstić information content (AvgIpc) is 2.52. The van der Waals surface area contributed by atoms with Crippen molar-refractivity contribution in [3.05, 3.63) is 47.8 Å². The molecule has 0 fully saturated rings. The van der Waals surface area contributed by atoms with Gasteiger partial charge in [0.2, 0.25) is 0 Å². The zero-order chi connectivity index (χ0) is 15.9. The Kier molecular flexibility index (Phi) is 5.83. The van der Waals surface area contributed by atoms with E-state index in [4.69, 9.17) is 4.74 Å². The van der Waals surface area contributed by atoms with E-state index < -0.39 is 5.97 Å². The summed E-state index contributed by atoms with van der Waals surface area (Å²) in [5.41, 5.74) is 0.971. The summed E-state index contributed by atoms with van der Waals surface area (Å²) in [5.74, 6) is -0.515. The SMILES string of the molecule is CCCCOC(=O)c1c(O)ccc(Sc2ccncc2)c1C. The Morgan fingerprint density at radius 3 is 2.68 bits per heavy atom. The Labute approximate surface area is 134 Å². The monoisotopic (exact) mass is 317 g/mol. The molecule has 0 radical (unpaired) electrons. The molecule has 0 bridgehead atoms. The van der Waals surface area contributed by atoms with E-state index in [0.717, 1.165) is 28.2 Å². The zero-order valence-electron chi connectivity index (χ0n) is 12.7. The van der Waals surface area contributed by atoms with Crippen molar-refractivity contribution in [2.24, 2.45) is 0 Å². The summed E-state index contributed by atoms with van der Waals surface area (Å²) >= 11 is 1.52. The van der Waals surface area contributed by atoms with Crippen LogP contribution in [-0.2, 0) is 4.74 Å². The molecular weight excluding hydrogens is 298 g/mol. The van der Waals surface area contributed by atoms with E-state index in [1.807, 2.05) is 26.0 Å². The summed E-state index contributed by atoms with van der Waals surface area (Å²) in [5, 5.41) is 9.99. The van der Waals surface area contributed by atoms with Crippen LogP contribution in [0.25, 0.3) is 0 Å². The molecule has 2 aromatic rings. The number of rotatable bonds is 6. The lowest BCUT2D eigenvalue weighted by atomic mass is 10.1. The van der Waals surface area contributed by atoms with Gasteiger partial charge in [-0.3, -0.25) is 4.98 Å². The molecule has 1 aromatic heterocycles. The highest BCUT2D eigenvalue weighted by Crippen LogP contribution is 2.35. The standard InChI is InChI=1S/C17H19NO3S/c1-3-4-11-21-17(20)16-12(2)15(6-5-14(16)19)22-13-7-9-18-10-8-13/h5-10,19H,3-4,11H2,1-2H3. The second kappa shape index (κ2) is 7.84. The van der Waals surface area contributed by atoms with Gasteiger partial charge in [-0.2, -0.15) is 0 Å². The first-order valence-electron chi connectivity index (χ1n) is 7.21. The second-order valence-electron chi connectivity index (χ2n) is 4.86. The Hall–Kier alpha value is -2.01. The Balaban J connectivity index is 2.23. The molecule has 0 aliphatic carbocycles. The first-order valence-corrected chi connectivity index (χ1v) is 8.02. The number of phenols is 1. The van der Waals surface area contributed by atoms with Crippen molar-refractivity contribution in [1.29, 1.82) is 0 Å². The molecule has 0 unspecified atom stereocenters. The van der Waals surface area contributed by atoms with Gasteiger partial charge in [0, 0.05) is 22.2 Å². The van der Waals surface area contributed by atoms with Crippen LogP contribution in [0.2, 0.25) is 0 Å². The average molecular weight is 317 g/mol. The maximum atomic E-state index is 12.2. The van der Waals surface area contributed by atoms with Crippen molar-refractivity contribution in [2.75, 3.05) is 6.61 Å². The van der Waals surface area contributed by atoms with Crippen molar-refractivity contribution >= 4 is 17.7 Å². The van der Waals surface area contributed by atoms with E-state index in [1.165, 1.54) is 17.8 Å². The van der Waals surface area contributed by atoms with Gasteiger partial charge in [-0.25, -0.2) is 4.79 Å². The number of esters is 1. The molecule has 1 aromatic carbocycles. The molecule has 4 nitrogen and oxygen atoms in total. The van der Waals surface area contributed by atoms with Crippen LogP contribution >= 0.6 is 11.8 Å². The quantitative estimate of drug-likeness (QED) is 0.639. The second-order valence-corrected chi connectivity index (χ2v) is 5.97. The van der Waals surface area contributed by atoms with Crippen LogP contribution in [0.3, 0.4) is 0 Å². The van der Waals surface area contributed by atoms with Crippen molar-refractivity contribution in [1.82, 2.24) is 4.98 Å². The Morgan fingerprint density at radius 1 is 1.27 bits per heavy atom. The number of nitrogens with zero attached hydrogens (tertiary/aromatic N) is 1. The van der Waals surface area contributed by atoms with Gasteiger partial charge in [0.15, 0.2) is 0 Å². The molecule has 116 valence electrons. The highest BCUT2D eigenvalue weighted by atomic mass is 32.2. The van der Waals surface area contributed by atoms with Gasteiger partial charge in [0.1, 0.15) is 11.3 Å². The first kappa shape index (κ1) is 16.4. The number of aromatic nitrogens is 1. The number of ether oxygens (including phenoxy) is 1. The van der Waals surface area contributed by atoms with E-state index in [2.05, 4.69) is 4.98 Å². The number of carbonyl (C=O) groups excluding carboxylic acids is 1. The number of aromatic hydroxyl groups is 1. The predicted octanol–water partition coefficient (Wildman–Crippen LogP) is 4.20. The van der Waals surface area contributed by atoms with Crippen LogP contribution in [0.15, 0.2) is 46.5 Å². The molecule has 0 saturated heterocycles. The number of carbonyl (C=O) groups is 1. The van der Waals surface area contributed by atoms with Crippen LogP contribution in [0.4, 0.5) is 0 Å². The van der Waals surface area contributed by atoms with E-state index in [9.17, 15) is 9.90 Å². The minimum absolute atomic E-state index is 0.0434. The summed E-state index contributed by atoms with van der Waals surface area (Å²) < 4.78 is 5.22. The van der Waals surface area contributed by atoms with Crippen molar-refractivity contribution < 1.29 is 14.6 Å². The van der Waals surface area contributed by atoms with Crippen LogP contribution in [-0.4, -0.2) is 22.7 Å². The lowest BCUT2D eigenvalue weighted by Gasteiger charge is -2.12. The minimum Gasteiger partial charge on any atom is -0.507 e. The molecule has 22 heavy (non-hydrogen) atoms. The molecule has 1 heterocycles. The Bertz CT molecular complexity index is 644. The van der Waals surface area contributed by atoms with E-state index >= 15 is 0 Å². The summed E-state index contributed by atoms with van der Waals surface area (Å²) in [6.07, 6.45) is 5.21. The lowest BCUT2D eigenvalue weighted by Crippen LogP contribution is -2.09. The fourth-order valence-electron chi connectivity index (χ4n) is 1.96. The van der Waals surface area contributed by atoms with Crippen molar-refractivity contribution in [2.45, 2.75) is 36.5 Å². The van der Waals surface area contributed by atoms with E-state index in [1.54, 1.807) is 18.5 Å². The number of benzene rings is 1. The summed E-state index contributed by atoms with van der Waals surface area (Å²) in [4.78, 5) is 18.1. The van der Waals surface area contributed by atoms with Gasteiger partial charge < -0.3 is 9.84 Å². The molecule has 5 heteroatoms. The third kappa shape index (κ3) is 4.01. The summed E-state index contributed by atoms with van der Waals surface area (Å²) in [6.45, 7) is 4.22. The van der Waals surface area contributed by atoms with Crippen LogP contribution in [0.5, 0.6) is 5.75 Å². The molecule has 0 saturated carbocycles. The molecular formula is C17H19NO3S. The maximum Gasteiger partial charge on any atom is 0.342 e. The third-order valence-corrected chi connectivity index (χ3v) is 4.38. The predicted molar refractivity (Wildman–Crippen MR) is 86.4 cm³/mol. The first-order chi connectivity index (χ1) is 10.6. The van der Waals surface area contributed by atoms with Gasteiger partial charge in [-0.15, -0.1) is 0 Å². The molecule has 0 amide bonds.